The maximum Gasteiger partial charge on any atom is 0.261 e. The van der Waals surface area contributed by atoms with E-state index in [1.807, 2.05) is 0 Å². The Morgan fingerprint density at radius 3 is 2.71 bits per heavy atom. The Kier molecular flexibility index (Phi) is 4.52. The molecule has 0 bridgehead atoms. The van der Waals surface area contributed by atoms with Crippen LogP contribution in [0.15, 0.2) is 66.0 Å². The summed E-state index contributed by atoms with van der Waals surface area (Å²) in [5.41, 5.74) is 2.23. The van der Waals surface area contributed by atoms with Gasteiger partial charge in [0.1, 0.15) is 12.1 Å². The smallest absolute Gasteiger partial charge is 0.261 e. The number of anilines is 1. The molecule has 1 amide bonds. The molecule has 0 aliphatic carbocycles. The molecule has 9 heteroatoms. The molecule has 7 nitrogen and oxygen atoms in total. The van der Waals surface area contributed by atoms with E-state index in [9.17, 15) is 17.6 Å². The molecule has 1 aliphatic rings. The van der Waals surface area contributed by atoms with E-state index < -0.39 is 15.8 Å². The third kappa shape index (κ3) is 3.56. The van der Waals surface area contributed by atoms with Crippen LogP contribution < -0.4 is 4.72 Å². The molecule has 0 fully saturated rings. The number of sulfonamides is 1. The third-order valence-corrected chi connectivity index (χ3v) is 5.72. The minimum atomic E-state index is -3.97. The second-order valence-electron chi connectivity index (χ2n) is 6.30. The van der Waals surface area contributed by atoms with Gasteiger partial charge in [0.15, 0.2) is 0 Å². The van der Waals surface area contributed by atoms with Crippen LogP contribution in [-0.2, 0) is 23.1 Å². The van der Waals surface area contributed by atoms with Crippen molar-refractivity contribution >= 4 is 21.6 Å². The first-order valence-corrected chi connectivity index (χ1v) is 9.86. The largest absolute Gasteiger partial charge is 0.328 e. The van der Waals surface area contributed by atoms with Gasteiger partial charge in [-0.2, -0.15) is 0 Å². The Balaban J connectivity index is 1.54. The van der Waals surface area contributed by atoms with E-state index in [1.54, 1.807) is 23.2 Å². The van der Waals surface area contributed by atoms with Gasteiger partial charge >= 0.3 is 0 Å². The van der Waals surface area contributed by atoms with Crippen LogP contribution in [0, 0.1) is 5.82 Å². The summed E-state index contributed by atoms with van der Waals surface area (Å²) in [5, 5.41) is 0. The molecule has 0 saturated heterocycles. The van der Waals surface area contributed by atoms with Gasteiger partial charge in [-0.1, -0.05) is 12.1 Å². The predicted molar refractivity (Wildman–Crippen MR) is 99.3 cm³/mol. The van der Waals surface area contributed by atoms with Gasteiger partial charge in [-0.15, -0.1) is 0 Å². The Morgan fingerprint density at radius 1 is 1.11 bits per heavy atom. The molecule has 1 aliphatic heterocycles. The van der Waals surface area contributed by atoms with Crippen LogP contribution in [0.2, 0.25) is 0 Å². The van der Waals surface area contributed by atoms with Crippen molar-refractivity contribution in [3.63, 3.8) is 0 Å². The lowest BCUT2D eigenvalue weighted by Gasteiger charge is -2.16. The van der Waals surface area contributed by atoms with Crippen molar-refractivity contribution in [1.29, 1.82) is 0 Å². The normalized spacial score (nSPS) is 13.2. The number of carbonyl (C=O) groups is 1. The van der Waals surface area contributed by atoms with E-state index in [0.717, 1.165) is 23.4 Å². The highest BCUT2D eigenvalue weighted by atomic mass is 32.2. The summed E-state index contributed by atoms with van der Waals surface area (Å²) in [6.07, 6.45) is 3.12. The molecule has 3 aromatic rings. The minimum Gasteiger partial charge on any atom is -0.328 e. The molecule has 0 spiro atoms. The average molecular weight is 398 g/mol. The lowest BCUT2D eigenvalue weighted by atomic mass is 10.2. The quantitative estimate of drug-likeness (QED) is 0.729. The van der Waals surface area contributed by atoms with Crippen molar-refractivity contribution in [3.05, 3.63) is 83.7 Å². The fourth-order valence-electron chi connectivity index (χ4n) is 2.99. The molecule has 4 rings (SSSR count). The zero-order valence-electron chi connectivity index (χ0n) is 14.5. The molecular weight excluding hydrogens is 383 g/mol. The Bertz CT molecular complexity index is 1140. The van der Waals surface area contributed by atoms with Crippen molar-refractivity contribution in [1.82, 2.24) is 14.9 Å². The van der Waals surface area contributed by atoms with Gasteiger partial charge in [0.2, 0.25) is 0 Å². The minimum absolute atomic E-state index is 0.196. The zero-order valence-corrected chi connectivity index (χ0v) is 15.4. The Morgan fingerprint density at radius 2 is 1.93 bits per heavy atom. The lowest BCUT2D eigenvalue weighted by molar-refractivity contribution is 0.0750. The van der Waals surface area contributed by atoms with E-state index in [1.165, 1.54) is 30.6 Å². The van der Waals surface area contributed by atoms with Crippen molar-refractivity contribution in [2.75, 3.05) is 4.72 Å². The number of benzene rings is 2. The fourth-order valence-corrected chi connectivity index (χ4v) is 4.07. The highest BCUT2D eigenvalue weighted by Gasteiger charge is 2.25. The predicted octanol–water partition coefficient (Wildman–Crippen LogP) is 2.57. The Labute approximate surface area is 160 Å². The zero-order chi connectivity index (χ0) is 19.7. The van der Waals surface area contributed by atoms with Crippen LogP contribution in [0.5, 0.6) is 0 Å². The number of nitrogens with one attached hydrogen (secondary N) is 1. The molecule has 28 heavy (non-hydrogen) atoms. The average Bonchev–Trinajstić information content (AvgIpc) is 3.11. The second kappa shape index (κ2) is 7.01. The van der Waals surface area contributed by atoms with Gasteiger partial charge < -0.3 is 4.90 Å². The van der Waals surface area contributed by atoms with Crippen LogP contribution >= 0.6 is 0 Å². The Hall–Kier alpha value is -3.33. The van der Waals surface area contributed by atoms with E-state index in [4.69, 9.17) is 0 Å². The SMILES string of the molecule is O=C(c1cccc(NS(=O)(=O)c2cccc(F)c2)c1)N1Cc2cncnc2C1. The number of halogens is 1. The standard InChI is InChI=1S/C19H15FN4O3S/c20-15-4-2-6-17(8-15)28(26,27)23-16-5-1-3-13(7-16)19(25)24-10-14-9-21-12-22-18(14)11-24/h1-9,12,23H,10-11H2. The van der Waals surface area contributed by atoms with E-state index in [-0.39, 0.29) is 16.5 Å². The first-order chi connectivity index (χ1) is 13.4. The number of fused-ring (bicyclic) bond motifs is 1. The number of nitrogens with zero attached hydrogens (tertiary/aromatic N) is 3. The molecule has 0 unspecified atom stereocenters. The summed E-state index contributed by atoms with van der Waals surface area (Å²) in [4.78, 5) is 22.3. The number of carbonyl (C=O) groups excluding carboxylic acids is 1. The summed E-state index contributed by atoms with van der Waals surface area (Å²) in [6.45, 7) is 0.768. The van der Waals surface area contributed by atoms with Crippen LogP contribution in [0.3, 0.4) is 0 Å². The molecule has 2 heterocycles. The summed E-state index contributed by atoms with van der Waals surface area (Å²) >= 11 is 0. The molecule has 0 atom stereocenters. The van der Waals surface area contributed by atoms with Crippen LogP contribution in [0.4, 0.5) is 10.1 Å². The van der Waals surface area contributed by atoms with E-state index in [2.05, 4.69) is 14.7 Å². The first-order valence-electron chi connectivity index (χ1n) is 8.38. The molecule has 0 saturated carbocycles. The number of rotatable bonds is 4. The molecule has 2 aromatic carbocycles. The monoisotopic (exact) mass is 398 g/mol. The maximum absolute atomic E-state index is 13.3. The molecular formula is C19H15FN4O3S. The van der Waals surface area contributed by atoms with Crippen LogP contribution in [0.25, 0.3) is 0 Å². The van der Waals surface area contributed by atoms with E-state index >= 15 is 0 Å². The number of amides is 1. The van der Waals surface area contributed by atoms with Crippen LogP contribution in [0.1, 0.15) is 21.6 Å². The van der Waals surface area contributed by atoms with Crippen molar-refractivity contribution in [2.24, 2.45) is 0 Å². The number of hydrogen-bond donors (Lipinski definition) is 1. The number of aromatic nitrogens is 2. The summed E-state index contributed by atoms with van der Waals surface area (Å²) in [7, 11) is -3.97. The van der Waals surface area contributed by atoms with E-state index in [0.29, 0.717) is 18.7 Å². The molecule has 1 aromatic heterocycles. The molecule has 142 valence electrons. The van der Waals surface area contributed by atoms with Crippen molar-refractivity contribution < 1.29 is 17.6 Å². The summed E-state index contributed by atoms with van der Waals surface area (Å²) < 4.78 is 40.6. The van der Waals surface area contributed by atoms with Gasteiger partial charge in [0, 0.05) is 29.6 Å². The second-order valence-corrected chi connectivity index (χ2v) is 7.98. The summed E-state index contributed by atoms with van der Waals surface area (Å²) in [5.74, 6) is -0.895. The van der Waals surface area contributed by atoms with Gasteiger partial charge in [-0.05, 0) is 36.4 Å². The van der Waals surface area contributed by atoms with Gasteiger partial charge in [0.05, 0.1) is 17.1 Å². The number of hydrogen-bond acceptors (Lipinski definition) is 5. The third-order valence-electron chi connectivity index (χ3n) is 4.34. The van der Waals surface area contributed by atoms with Crippen LogP contribution in [-0.4, -0.2) is 29.2 Å². The van der Waals surface area contributed by atoms with Gasteiger partial charge in [0.25, 0.3) is 15.9 Å². The topological polar surface area (TPSA) is 92.3 Å². The summed E-state index contributed by atoms with van der Waals surface area (Å²) in [6, 6.07) is 10.9. The van der Waals surface area contributed by atoms with Gasteiger partial charge in [-0.3, -0.25) is 9.52 Å². The fraction of sp³-hybridized carbons (Fsp3) is 0.105. The first kappa shape index (κ1) is 18.1. The highest BCUT2D eigenvalue weighted by molar-refractivity contribution is 7.92. The van der Waals surface area contributed by atoms with Crippen molar-refractivity contribution in [2.45, 2.75) is 18.0 Å². The molecule has 1 N–H and O–H groups in total. The lowest BCUT2D eigenvalue weighted by Crippen LogP contribution is -2.25. The highest BCUT2D eigenvalue weighted by Crippen LogP contribution is 2.23. The molecule has 0 radical (unpaired) electrons. The van der Waals surface area contributed by atoms with Crippen molar-refractivity contribution in [3.8, 4) is 0 Å². The maximum atomic E-state index is 13.3. The van der Waals surface area contributed by atoms with Gasteiger partial charge in [-0.25, -0.2) is 22.8 Å².